The molecule has 1 aliphatic heterocycles. The molecule has 262 valence electrons. The molecule has 3 fully saturated rings. The number of aromatic nitrogens is 4. The second kappa shape index (κ2) is 17.1. The second-order valence-electron chi connectivity index (χ2n) is 13.0. The lowest BCUT2D eigenvalue weighted by Crippen LogP contribution is -2.62. The quantitative estimate of drug-likeness (QED) is 0.157. The van der Waals surface area contributed by atoms with Crippen LogP contribution >= 0.6 is 0 Å². The van der Waals surface area contributed by atoms with Gasteiger partial charge >= 0.3 is 5.69 Å². The number of imidazole rings is 1. The maximum absolute atomic E-state index is 13.1. The summed E-state index contributed by atoms with van der Waals surface area (Å²) in [6, 6.07) is -0.914. The van der Waals surface area contributed by atoms with Gasteiger partial charge in [0.1, 0.15) is 0 Å². The van der Waals surface area contributed by atoms with E-state index in [0.29, 0.717) is 50.9 Å². The number of methoxy groups -OCH3 is 1. The molecule has 12 heteroatoms. The number of aryl methyl sites for hydroxylation is 1. The number of fused-ring (bicyclic) bond motifs is 1. The van der Waals surface area contributed by atoms with Gasteiger partial charge in [0.05, 0.1) is 12.6 Å². The number of hydrogen-bond donors (Lipinski definition) is 5. The van der Waals surface area contributed by atoms with Crippen LogP contribution in [0.25, 0.3) is 16.9 Å². The summed E-state index contributed by atoms with van der Waals surface area (Å²) in [6.45, 7) is 10.7. The monoisotopic (exact) mass is 648 g/mol. The van der Waals surface area contributed by atoms with Crippen LogP contribution in [0.2, 0.25) is 0 Å². The lowest BCUT2D eigenvalue weighted by atomic mass is 9.57. The van der Waals surface area contributed by atoms with Crippen molar-refractivity contribution in [3.8, 4) is 0 Å². The fourth-order valence-electron chi connectivity index (χ4n) is 7.40. The van der Waals surface area contributed by atoms with Crippen LogP contribution < -0.4 is 22.3 Å². The van der Waals surface area contributed by atoms with Gasteiger partial charge in [-0.3, -0.25) is 13.9 Å². The van der Waals surface area contributed by atoms with E-state index in [4.69, 9.17) is 15.2 Å². The summed E-state index contributed by atoms with van der Waals surface area (Å²) in [5.74, 6) is -0.707. The van der Waals surface area contributed by atoms with Crippen LogP contribution in [0.15, 0.2) is 15.2 Å². The molecule has 12 nitrogen and oxygen atoms in total. The number of aliphatic hydroxyl groups is 2. The number of nitrogens with two attached hydrogens (primary N) is 1. The molecular formula is C34H60N6O6. The van der Waals surface area contributed by atoms with E-state index in [0.717, 1.165) is 31.6 Å². The Balaban J connectivity index is 0.000000454. The molecule has 2 saturated carbocycles. The molecule has 2 aromatic heterocycles. The molecule has 0 amide bonds. The number of nitrogens with one attached hydrogen (secondary N) is 2. The highest BCUT2D eigenvalue weighted by Crippen LogP contribution is 2.54. The standard InChI is InChI=1S/C24H35N5O6.C8H19N.C2H6/c1-28-16-20(29(22(28)32)14-7-6-12-35-13-14)26-19(27-21(16)31)17(30)15-8-5-10-23(18(15)25)9-3-4-11-24(23,33)34-2;1-4-8(2)6-5-7-9-3;1-2/h14,18,30,33H,3-13,25H2,1-2H3,(H,26,27,31);8-9H,4-7H2,1-3H3;1-2H3/b17-15-;;/t14-,18?,23-,24?;8-;/m01./s1. The van der Waals surface area contributed by atoms with Gasteiger partial charge in [-0.2, -0.15) is 0 Å². The Bertz CT molecular complexity index is 1410. The van der Waals surface area contributed by atoms with Gasteiger partial charge in [-0.15, -0.1) is 0 Å². The smallest absolute Gasteiger partial charge is 0.330 e. The second-order valence-corrected chi connectivity index (χ2v) is 13.0. The van der Waals surface area contributed by atoms with Gasteiger partial charge in [0, 0.05) is 38.6 Å². The van der Waals surface area contributed by atoms with Crippen LogP contribution in [0, 0.1) is 11.3 Å². The lowest BCUT2D eigenvalue weighted by Gasteiger charge is -2.55. The fraction of sp³-hybridized carbons (Fsp3) is 0.794. The summed E-state index contributed by atoms with van der Waals surface area (Å²) in [5.41, 5.74) is 6.04. The van der Waals surface area contributed by atoms with Gasteiger partial charge in [0.2, 0.25) is 0 Å². The average molecular weight is 649 g/mol. The van der Waals surface area contributed by atoms with Crippen molar-refractivity contribution >= 4 is 16.9 Å². The van der Waals surface area contributed by atoms with Gasteiger partial charge in [0.15, 0.2) is 28.5 Å². The first kappa shape index (κ1) is 37.9. The average Bonchev–Trinajstić information content (AvgIpc) is 3.34. The highest BCUT2D eigenvalue weighted by atomic mass is 16.6. The zero-order chi connectivity index (χ0) is 34.1. The molecular weight excluding hydrogens is 588 g/mol. The van der Waals surface area contributed by atoms with Gasteiger partial charge in [-0.05, 0) is 82.9 Å². The SMILES string of the molecule is CC.CC[C@@H](C)CCCNC.COC1(O)CCCC[C@@]12CCC/C(=C(/O)c1nc3c(c(=O)[nH]1)n(C)c(=O)n3[C@H]1CCCOC1)C2N. The molecule has 0 bridgehead atoms. The van der Waals surface area contributed by atoms with E-state index in [2.05, 4.69) is 29.1 Å². The van der Waals surface area contributed by atoms with Crippen molar-refractivity contribution in [3.63, 3.8) is 0 Å². The topological polar surface area (TPSA) is 170 Å². The van der Waals surface area contributed by atoms with Crippen molar-refractivity contribution in [3.05, 3.63) is 32.2 Å². The lowest BCUT2D eigenvalue weighted by molar-refractivity contribution is -0.286. The first-order chi connectivity index (χ1) is 22.0. The number of rotatable bonds is 8. The van der Waals surface area contributed by atoms with Gasteiger partial charge < -0.3 is 35.7 Å². The molecule has 3 aliphatic rings. The van der Waals surface area contributed by atoms with Gasteiger partial charge in [-0.25, -0.2) is 9.78 Å². The maximum atomic E-state index is 13.1. The largest absolute Gasteiger partial charge is 0.504 e. The third kappa shape index (κ3) is 7.62. The highest BCUT2D eigenvalue weighted by Gasteiger charge is 2.58. The van der Waals surface area contributed by atoms with Crippen LogP contribution in [0.5, 0.6) is 0 Å². The van der Waals surface area contributed by atoms with Crippen molar-refractivity contribution in [2.24, 2.45) is 24.1 Å². The summed E-state index contributed by atoms with van der Waals surface area (Å²) in [6.07, 6.45) is 10.4. The van der Waals surface area contributed by atoms with E-state index >= 15 is 0 Å². The molecule has 0 radical (unpaired) electrons. The fourth-order valence-corrected chi connectivity index (χ4v) is 7.40. The molecule has 46 heavy (non-hydrogen) atoms. The number of aromatic amines is 1. The Morgan fingerprint density at radius 3 is 2.54 bits per heavy atom. The molecule has 5 rings (SSSR count). The molecule has 6 N–H and O–H groups in total. The number of nitrogens with zero attached hydrogens (tertiary/aromatic N) is 3. The minimum Gasteiger partial charge on any atom is -0.504 e. The van der Waals surface area contributed by atoms with Crippen LogP contribution in [-0.2, 0) is 16.5 Å². The van der Waals surface area contributed by atoms with Crippen molar-refractivity contribution in [2.45, 2.75) is 123 Å². The van der Waals surface area contributed by atoms with Crippen molar-refractivity contribution in [2.75, 3.05) is 33.9 Å². The summed E-state index contributed by atoms with van der Waals surface area (Å²) < 4.78 is 13.9. The van der Waals surface area contributed by atoms with Gasteiger partial charge in [-0.1, -0.05) is 40.5 Å². The Labute approximate surface area is 273 Å². The number of H-pyrrole nitrogens is 1. The Morgan fingerprint density at radius 2 is 1.91 bits per heavy atom. The zero-order valence-electron chi connectivity index (χ0n) is 29.3. The number of ether oxygens (including phenoxy) is 2. The Morgan fingerprint density at radius 1 is 1.22 bits per heavy atom. The molecule has 1 saturated heterocycles. The van der Waals surface area contributed by atoms with Crippen LogP contribution in [0.3, 0.4) is 0 Å². The van der Waals surface area contributed by atoms with E-state index in [9.17, 15) is 19.8 Å². The minimum atomic E-state index is -1.39. The van der Waals surface area contributed by atoms with E-state index in [1.54, 1.807) is 0 Å². The third-order valence-electron chi connectivity index (χ3n) is 10.3. The minimum absolute atomic E-state index is 0.0298. The zero-order valence-corrected chi connectivity index (χ0v) is 29.3. The highest BCUT2D eigenvalue weighted by molar-refractivity contribution is 5.73. The maximum Gasteiger partial charge on any atom is 0.330 e. The van der Waals surface area contributed by atoms with E-state index in [1.165, 1.54) is 49.1 Å². The van der Waals surface area contributed by atoms with E-state index in [-0.39, 0.29) is 34.5 Å². The Kier molecular flexibility index (Phi) is 14.1. The molecule has 1 spiro atoms. The Hall–Kier alpha value is -2.51. The third-order valence-corrected chi connectivity index (χ3v) is 10.3. The summed E-state index contributed by atoms with van der Waals surface area (Å²) in [5, 5.41) is 25.9. The van der Waals surface area contributed by atoms with Crippen molar-refractivity contribution < 1.29 is 19.7 Å². The van der Waals surface area contributed by atoms with Crippen molar-refractivity contribution in [1.29, 1.82) is 0 Å². The summed E-state index contributed by atoms with van der Waals surface area (Å²) in [4.78, 5) is 33.3. The van der Waals surface area contributed by atoms with Crippen LogP contribution in [-0.4, -0.2) is 75.1 Å². The molecule has 2 aromatic rings. The van der Waals surface area contributed by atoms with Gasteiger partial charge in [0.25, 0.3) is 5.56 Å². The molecule has 2 aliphatic carbocycles. The molecule has 5 atom stereocenters. The number of aliphatic hydroxyl groups excluding tert-OH is 1. The molecule has 0 aromatic carbocycles. The first-order valence-corrected chi connectivity index (χ1v) is 17.4. The van der Waals surface area contributed by atoms with Crippen LogP contribution in [0.4, 0.5) is 0 Å². The molecule has 2 unspecified atom stereocenters. The van der Waals surface area contributed by atoms with Crippen LogP contribution in [0.1, 0.15) is 117 Å². The normalized spacial score (nSPS) is 28.2. The first-order valence-electron chi connectivity index (χ1n) is 17.4. The predicted molar refractivity (Wildman–Crippen MR) is 183 cm³/mol. The summed E-state index contributed by atoms with van der Waals surface area (Å²) in [7, 11) is 5.04. The van der Waals surface area contributed by atoms with E-state index in [1.807, 2.05) is 20.9 Å². The predicted octanol–water partition coefficient (Wildman–Crippen LogP) is 4.51. The molecule has 3 heterocycles. The van der Waals surface area contributed by atoms with Crippen molar-refractivity contribution in [1.82, 2.24) is 24.4 Å². The summed E-state index contributed by atoms with van der Waals surface area (Å²) >= 11 is 0. The van der Waals surface area contributed by atoms with E-state index < -0.39 is 22.8 Å². The number of hydrogen-bond acceptors (Lipinski definition) is 9.